The molecule has 0 bridgehead atoms. The fourth-order valence-electron chi connectivity index (χ4n) is 3.60. The average Bonchev–Trinajstić information content (AvgIpc) is 2.77. The molecule has 4 rings (SSSR count). The largest absolute Gasteiger partial charge is 0.356 e. The van der Waals surface area contributed by atoms with Crippen molar-refractivity contribution >= 4 is 29.0 Å². The van der Waals surface area contributed by atoms with Crippen LogP contribution in [-0.4, -0.2) is 29.0 Å². The van der Waals surface area contributed by atoms with Gasteiger partial charge < -0.3 is 10.2 Å². The van der Waals surface area contributed by atoms with E-state index in [1.807, 2.05) is 55.5 Å². The summed E-state index contributed by atoms with van der Waals surface area (Å²) >= 11 is 6.18. The summed E-state index contributed by atoms with van der Waals surface area (Å²) in [7, 11) is 0. The number of halogens is 1. The molecule has 1 unspecified atom stereocenters. The highest BCUT2D eigenvalue weighted by Gasteiger charge is 2.27. The van der Waals surface area contributed by atoms with Crippen molar-refractivity contribution in [2.45, 2.75) is 19.8 Å². The molecule has 6 heteroatoms. The predicted molar refractivity (Wildman–Crippen MR) is 117 cm³/mol. The lowest BCUT2D eigenvalue weighted by molar-refractivity contribution is -0.120. The normalized spacial score (nSPS) is 16.5. The number of aromatic nitrogens is 2. The van der Waals surface area contributed by atoms with Crippen LogP contribution in [0.4, 0.5) is 11.5 Å². The molecular weight excluding hydrogens is 384 g/mol. The van der Waals surface area contributed by atoms with Crippen LogP contribution in [0.2, 0.25) is 5.02 Å². The Balaban J connectivity index is 1.47. The van der Waals surface area contributed by atoms with E-state index in [0.29, 0.717) is 11.6 Å². The van der Waals surface area contributed by atoms with Crippen LogP contribution in [0.25, 0.3) is 11.3 Å². The first-order valence-corrected chi connectivity index (χ1v) is 10.2. The Morgan fingerprint density at radius 1 is 1.14 bits per heavy atom. The van der Waals surface area contributed by atoms with Gasteiger partial charge in [-0.05, 0) is 37.5 Å². The third-order valence-electron chi connectivity index (χ3n) is 5.28. The van der Waals surface area contributed by atoms with E-state index >= 15 is 0 Å². The number of nitrogens with one attached hydrogen (secondary N) is 1. The third kappa shape index (κ3) is 4.57. The van der Waals surface area contributed by atoms with Gasteiger partial charge in [-0.2, -0.15) is 0 Å². The van der Waals surface area contributed by atoms with Crippen molar-refractivity contribution < 1.29 is 4.79 Å². The van der Waals surface area contributed by atoms with Crippen LogP contribution in [0.15, 0.2) is 60.9 Å². The number of carbonyl (C=O) groups excluding carboxylic acids is 1. The Labute approximate surface area is 175 Å². The van der Waals surface area contributed by atoms with Crippen molar-refractivity contribution in [1.29, 1.82) is 0 Å². The molecule has 2 aromatic carbocycles. The summed E-state index contributed by atoms with van der Waals surface area (Å²) in [5, 5.41) is 3.66. The number of piperidine rings is 1. The molecule has 1 aliphatic heterocycles. The fraction of sp³-hybridized carbons (Fsp3) is 0.261. The van der Waals surface area contributed by atoms with Crippen molar-refractivity contribution in [3.05, 3.63) is 71.5 Å². The Hall–Kier alpha value is -2.92. The number of benzene rings is 2. The van der Waals surface area contributed by atoms with Crippen LogP contribution < -0.4 is 10.2 Å². The number of amides is 1. The number of aryl methyl sites for hydroxylation is 1. The molecule has 1 amide bonds. The molecule has 1 aliphatic rings. The first-order chi connectivity index (χ1) is 14.1. The zero-order chi connectivity index (χ0) is 20.2. The lowest BCUT2D eigenvalue weighted by Gasteiger charge is -2.33. The zero-order valence-electron chi connectivity index (χ0n) is 16.3. The zero-order valence-corrected chi connectivity index (χ0v) is 17.1. The Kier molecular flexibility index (Phi) is 5.76. The maximum atomic E-state index is 12.8. The monoisotopic (exact) mass is 406 g/mol. The minimum atomic E-state index is -0.0982. The van der Waals surface area contributed by atoms with Gasteiger partial charge >= 0.3 is 0 Å². The van der Waals surface area contributed by atoms with Gasteiger partial charge in [0.15, 0.2) is 0 Å². The summed E-state index contributed by atoms with van der Waals surface area (Å²) in [6.45, 7) is 3.46. The number of rotatable bonds is 4. The van der Waals surface area contributed by atoms with Gasteiger partial charge in [0.05, 0.1) is 11.6 Å². The van der Waals surface area contributed by atoms with Crippen molar-refractivity contribution in [2.24, 2.45) is 5.92 Å². The smallest absolute Gasteiger partial charge is 0.229 e. The third-order valence-corrected chi connectivity index (χ3v) is 5.68. The standard InChI is InChI=1S/C23H23ClN4O/c1-16-9-10-19(12-20(16)24)27-23(29)18-8-5-11-28(14-18)22-13-21(25-15-26-22)17-6-3-2-4-7-17/h2-4,6-7,9-10,12-13,15,18H,5,8,11,14H2,1H3,(H,27,29). The number of anilines is 2. The van der Waals surface area contributed by atoms with Crippen LogP contribution in [-0.2, 0) is 4.79 Å². The molecule has 0 aliphatic carbocycles. The predicted octanol–water partition coefficient (Wildman–Crippen LogP) is 4.96. The molecule has 5 nitrogen and oxygen atoms in total. The lowest BCUT2D eigenvalue weighted by Crippen LogP contribution is -2.41. The van der Waals surface area contributed by atoms with Crippen LogP contribution >= 0.6 is 11.6 Å². The summed E-state index contributed by atoms with van der Waals surface area (Å²) < 4.78 is 0. The minimum Gasteiger partial charge on any atom is -0.356 e. The Bertz CT molecular complexity index is 1010. The van der Waals surface area contributed by atoms with Gasteiger partial charge in [-0.25, -0.2) is 9.97 Å². The molecule has 0 radical (unpaired) electrons. The van der Waals surface area contributed by atoms with Crippen LogP contribution in [0.5, 0.6) is 0 Å². The van der Waals surface area contributed by atoms with Crippen molar-refractivity contribution in [1.82, 2.24) is 9.97 Å². The summed E-state index contributed by atoms with van der Waals surface area (Å²) in [4.78, 5) is 23.8. The maximum absolute atomic E-state index is 12.8. The lowest BCUT2D eigenvalue weighted by atomic mass is 9.97. The Morgan fingerprint density at radius 2 is 1.97 bits per heavy atom. The highest BCUT2D eigenvalue weighted by molar-refractivity contribution is 6.31. The highest BCUT2D eigenvalue weighted by atomic mass is 35.5. The number of hydrogen-bond donors (Lipinski definition) is 1. The van der Waals surface area contributed by atoms with E-state index in [-0.39, 0.29) is 11.8 Å². The van der Waals surface area contributed by atoms with E-state index in [4.69, 9.17) is 11.6 Å². The molecule has 148 valence electrons. The molecule has 1 atom stereocenters. The van der Waals surface area contributed by atoms with Gasteiger partial charge in [0, 0.05) is 35.4 Å². The van der Waals surface area contributed by atoms with E-state index in [9.17, 15) is 4.79 Å². The molecule has 29 heavy (non-hydrogen) atoms. The van der Waals surface area contributed by atoms with E-state index in [1.54, 1.807) is 12.4 Å². The van der Waals surface area contributed by atoms with Crippen molar-refractivity contribution in [3.8, 4) is 11.3 Å². The van der Waals surface area contributed by atoms with Gasteiger partial charge in [0.1, 0.15) is 12.1 Å². The van der Waals surface area contributed by atoms with Crippen LogP contribution in [0.1, 0.15) is 18.4 Å². The molecule has 0 spiro atoms. The number of nitrogens with zero attached hydrogens (tertiary/aromatic N) is 3. The fourth-order valence-corrected chi connectivity index (χ4v) is 3.78. The summed E-state index contributed by atoms with van der Waals surface area (Å²) in [5.41, 5.74) is 3.66. The maximum Gasteiger partial charge on any atom is 0.229 e. The Morgan fingerprint density at radius 3 is 2.76 bits per heavy atom. The molecule has 1 saturated heterocycles. The second-order valence-corrected chi connectivity index (χ2v) is 7.77. The second kappa shape index (κ2) is 8.62. The summed E-state index contributed by atoms with van der Waals surface area (Å²) in [6.07, 6.45) is 3.39. The SMILES string of the molecule is Cc1ccc(NC(=O)C2CCCN(c3cc(-c4ccccc4)ncn3)C2)cc1Cl. The summed E-state index contributed by atoms with van der Waals surface area (Å²) in [6, 6.07) is 17.6. The van der Waals surface area contributed by atoms with Crippen molar-refractivity contribution in [3.63, 3.8) is 0 Å². The van der Waals surface area contributed by atoms with Crippen LogP contribution in [0.3, 0.4) is 0 Å². The summed E-state index contributed by atoms with van der Waals surface area (Å²) in [5.74, 6) is 0.778. The van der Waals surface area contributed by atoms with Gasteiger partial charge in [-0.1, -0.05) is 48.0 Å². The molecule has 3 aromatic rings. The van der Waals surface area contributed by atoms with E-state index in [1.165, 1.54) is 0 Å². The molecule has 1 N–H and O–H groups in total. The molecule has 0 saturated carbocycles. The quantitative estimate of drug-likeness (QED) is 0.665. The molecular formula is C23H23ClN4O. The number of hydrogen-bond acceptors (Lipinski definition) is 4. The highest BCUT2D eigenvalue weighted by Crippen LogP contribution is 2.26. The van der Waals surface area contributed by atoms with E-state index in [0.717, 1.165) is 47.7 Å². The molecule has 2 heterocycles. The van der Waals surface area contributed by atoms with Gasteiger partial charge in [-0.15, -0.1) is 0 Å². The number of carbonyl (C=O) groups is 1. The van der Waals surface area contributed by atoms with Crippen LogP contribution in [0, 0.1) is 12.8 Å². The van der Waals surface area contributed by atoms with Gasteiger partial charge in [0.2, 0.25) is 5.91 Å². The first kappa shape index (κ1) is 19.4. The minimum absolute atomic E-state index is 0.0203. The van der Waals surface area contributed by atoms with Gasteiger partial charge in [0.25, 0.3) is 0 Å². The average molecular weight is 407 g/mol. The molecule has 1 fully saturated rings. The van der Waals surface area contributed by atoms with Crippen molar-refractivity contribution in [2.75, 3.05) is 23.3 Å². The second-order valence-electron chi connectivity index (χ2n) is 7.37. The first-order valence-electron chi connectivity index (χ1n) is 9.79. The topological polar surface area (TPSA) is 58.1 Å². The van der Waals surface area contributed by atoms with Gasteiger partial charge in [-0.3, -0.25) is 4.79 Å². The molecule has 1 aromatic heterocycles. The van der Waals surface area contributed by atoms with E-state index < -0.39 is 0 Å². The van der Waals surface area contributed by atoms with E-state index in [2.05, 4.69) is 20.2 Å².